The molecule has 0 bridgehead atoms. The zero-order chi connectivity index (χ0) is 13.1. The minimum Gasteiger partial charge on any atom is -0.456 e. The molecular formula is C13H22N2O2. The number of aryl methyl sites for hydroxylation is 1. The van der Waals surface area contributed by atoms with Gasteiger partial charge in [0.25, 0.3) is 5.91 Å². The van der Waals surface area contributed by atoms with Crippen LogP contribution in [0.2, 0.25) is 0 Å². The van der Waals surface area contributed by atoms with E-state index >= 15 is 0 Å². The van der Waals surface area contributed by atoms with E-state index in [4.69, 9.17) is 10.2 Å². The van der Waals surface area contributed by atoms with Gasteiger partial charge in [-0.2, -0.15) is 0 Å². The Morgan fingerprint density at radius 1 is 1.47 bits per heavy atom. The van der Waals surface area contributed by atoms with Gasteiger partial charge in [-0.05, 0) is 37.9 Å². The molecular weight excluding hydrogens is 216 g/mol. The van der Waals surface area contributed by atoms with Crippen LogP contribution in [0.4, 0.5) is 0 Å². The van der Waals surface area contributed by atoms with Gasteiger partial charge >= 0.3 is 0 Å². The summed E-state index contributed by atoms with van der Waals surface area (Å²) in [6.45, 7) is 9.73. The molecule has 4 heteroatoms. The van der Waals surface area contributed by atoms with Crippen molar-refractivity contribution in [3.05, 3.63) is 23.7 Å². The van der Waals surface area contributed by atoms with Gasteiger partial charge in [-0.25, -0.2) is 0 Å². The first-order chi connectivity index (χ1) is 7.89. The van der Waals surface area contributed by atoms with Crippen LogP contribution in [0.5, 0.6) is 0 Å². The van der Waals surface area contributed by atoms with E-state index < -0.39 is 0 Å². The second-order valence-electron chi connectivity index (χ2n) is 5.10. The van der Waals surface area contributed by atoms with E-state index in [-0.39, 0.29) is 11.3 Å². The summed E-state index contributed by atoms with van der Waals surface area (Å²) in [5, 5.41) is 0. The number of amides is 1. The van der Waals surface area contributed by atoms with Crippen molar-refractivity contribution in [3.63, 3.8) is 0 Å². The molecule has 1 amide bonds. The highest BCUT2D eigenvalue weighted by Crippen LogP contribution is 2.17. The van der Waals surface area contributed by atoms with Crippen molar-refractivity contribution in [2.45, 2.75) is 27.7 Å². The van der Waals surface area contributed by atoms with Crippen LogP contribution >= 0.6 is 0 Å². The van der Waals surface area contributed by atoms with Gasteiger partial charge in [-0.15, -0.1) is 0 Å². The summed E-state index contributed by atoms with van der Waals surface area (Å²) in [5.74, 6) is 1.08. The zero-order valence-corrected chi connectivity index (χ0v) is 11.1. The molecule has 0 radical (unpaired) electrons. The highest BCUT2D eigenvalue weighted by Gasteiger charge is 2.24. The predicted molar refractivity (Wildman–Crippen MR) is 67.9 cm³/mol. The van der Waals surface area contributed by atoms with E-state index in [2.05, 4.69) is 13.8 Å². The average Bonchev–Trinajstić information content (AvgIpc) is 2.72. The van der Waals surface area contributed by atoms with Gasteiger partial charge in [0, 0.05) is 13.1 Å². The fourth-order valence-corrected chi connectivity index (χ4v) is 1.61. The Morgan fingerprint density at radius 2 is 2.12 bits per heavy atom. The van der Waals surface area contributed by atoms with Crippen LogP contribution in [-0.2, 0) is 0 Å². The lowest BCUT2D eigenvalue weighted by Gasteiger charge is -2.30. The fraction of sp³-hybridized carbons (Fsp3) is 0.615. The van der Waals surface area contributed by atoms with E-state index in [1.165, 1.54) is 0 Å². The lowest BCUT2D eigenvalue weighted by molar-refractivity contribution is 0.0667. The smallest absolute Gasteiger partial charge is 0.289 e. The number of hydrogen-bond acceptors (Lipinski definition) is 3. The first kappa shape index (κ1) is 13.8. The van der Waals surface area contributed by atoms with Crippen LogP contribution in [0.1, 0.15) is 37.1 Å². The van der Waals surface area contributed by atoms with E-state index in [1.807, 2.05) is 13.8 Å². The molecule has 17 heavy (non-hydrogen) atoms. The largest absolute Gasteiger partial charge is 0.456 e. The normalized spacial score (nSPS) is 11.6. The number of carbonyl (C=O) groups is 1. The maximum Gasteiger partial charge on any atom is 0.289 e. The summed E-state index contributed by atoms with van der Waals surface area (Å²) >= 11 is 0. The number of furan rings is 1. The molecule has 0 saturated heterocycles. The first-order valence-electron chi connectivity index (χ1n) is 5.95. The topological polar surface area (TPSA) is 59.5 Å². The molecule has 96 valence electrons. The summed E-state index contributed by atoms with van der Waals surface area (Å²) in [4.78, 5) is 13.9. The second kappa shape index (κ2) is 5.36. The van der Waals surface area contributed by atoms with E-state index in [9.17, 15) is 4.79 Å². The van der Waals surface area contributed by atoms with E-state index in [0.29, 0.717) is 25.4 Å². The van der Waals surface area contributed by atoms with Gasteiger partial charge in [0.1, 0.15) is 5.76 Å². The molecule has 2 N–H and O–H groups in total. The fourth-order valence-electron chi connectivity index (χ4n) is 1.61. The lowest BCUT2D eigenvalue weighted by atomic mass is 9.93. The monoisotopic (exact) mass is 238 g/mol. The number of rotatable bonds is 5. The maximum atomic E-state index is 12.2. The average molecular weight is 238 g/mol. The van der Waals surface area contributed by atoms with E-state index in [1.54, 1.807) is 17.0 Å². The van der Waals surface area contributed by atoms with Crippen LogP contribution in [0.3, 0.4) is 0 Å². The maximum absolute atomic E-state index is 12.2. The highest BCUT2D eigenvalue weighted by atomic mass is 16.3. The number of hydrogen-bond donors (Lipinski definition) is 1. The van der Waals surface area contributed by atoms with Gasteiger partial charge in [0.05, 0.1) is 0 Å². The minimum absolute atomic E-state index is 0.0675. The van der Waals surface area contributed by atoms with Crippen LogP contribution in [0.15, 0.2) is 16.5 Å². The summed E-state index contributed by atoms with van der Waals surface area (Å²) in [7, 11) is 0. The molecule has 1 rings (SSSR count). The van der Waals surface area contributed by atoms with Gasteiger partial charge in [0.15, 0.2) is 5.76 Å². The van der Waals surface area contributed by atoms with E-state index in [0.717, 1.165) is 5.76 Å². The lowest BCUT2D eigenvalue weighted by Crippen LogP contribution is -2.41. The Morgan fingerprint density at radius 3 is 2.53 bits per heavy atom. The molecule has 0 saturated carbocycles. The molecule has 0 spiro atoms. The minimum atomic E-state index is -0.0761. The molecule has 0 atom stereocenters. The van der Waals surface area contributed by atoms with Gasteiger partial charge in [-0.1, -0.05) is 13.8 Å². The Kier molecular flexibility index (Phi) is 4.34. The molecule has 0 aromatic carbocycles. The van der Waals surface area contributed by atoms with Crippen molar-refractivity contribution in [2.24, 2.45) is 11.1 Å². The standard InChI is InChI=1S/C13H22N2O2/c1-5-15(9-13(3,4)8-14)12(16)11-7-6-10(2)17-11/h6-7H,5,8-9,14H2,1-4H3. The quantitative estimate of drug-likeness (QED) is 0.854. The van der Waals surface area contributed by atoms with Crippen molar-refractivity contribution in [3.8, 4) is 0 Å². The molecule has 0 aliphatic carbocycles. The zero-order valence-electron chi connectivity index (χ0n) is 11.1. The summed E-state index contributed by atoms with van der Waals surface area (Å²) in [6, 6.07) is 3.52. The van der Waals surface area contributed by atoms with Crippen molar-refractivity contribution in [1.82, 2.24) is 4.90 Å². The molecule has 1 heterocycles. The summed E-state index contributed by atoms with van der Waals surface area (Å²) in [5.41, 5.74) is 5.61. The van der Waals surface area contributed by atoms with Crippen LogP contribution in [-0.4, -0.2) is 30.4 Å². The van der Waals surface area contributed by atoms with Gasteiger partial charge < -0.3 is 15.1 Å². The van der Waals surface area contributed by atoms with Crippen molar-refractivity contribution in [1.29, 1.82) is 0 Å². The third-order valence-electron chi connectivity index (χ3n) is 2.79. The van der Waals surface area contributed by atoms with Crippen LogP contribution in [0.25, 0.3) is 0 Å². The van der Waals surface area contributed by atoms with Crippen LogP contribution in [0, 0.1) is 12.3 Å². The first-order valence-corrected chi connectivity index (χ1v) is 5.95. The molecule has 4 nitrogen and oxygen atoms in total. The highest BCUT2D eigenvalue weighted by molar-refractivity contribution is 5.91. The van der Waals surface area contributed by atoms with Gasteiger partial charge in [0.2, 0.25) is 0 Å². The molecule has 1 aromatic rings. The molecule has 0 unspecified atom stereocenters. The van der Waals surface area contributed by atoms with Gasteiger partial charge in [-0.3, -0.25) is 4.79 Å². The molecule has 0 aliphatic rings. The Balaban J connectivity index is 2.78. The SMILES string of the molecule is CCN(CC(C)(C)CN)C(=O)c1ccc(C)o1. The molecule has 0 aliphatic heterocycles. The van der Waals surface area contributed by atoms with Crippen LogP contribution < -0.4 is 5.73 Å². The Bertz CT molecular complexity index is 383. The summed E-state index contributed by atoms with van der Waals surface area (Å²) < 4.78 is 5.35. The summed E-state index contributed by atoms with van der Waals surface area (Å²) in [6.07, 6.45) is 0. The molecule has 0 fully saturated rings. The number of nitrogens with two attached hydrogens (primary N) is 1. The van der Waals surface area contributed by atoms with Crippen molar-refractivity contribution in [2.75, 3.05) is 19.6 Å². The van der Waals surface area contributed by atoms with Crippen molar-refractivity contribution >= 4 is 5.91 Å². The third-order valence-corrected chi connectivity index (χ3v) is 2.79. The second-order valence-corrected chi connectivity index (χ2v) is 5.10. The number of nitrogens with zero attached hydrogens (tertiary/aromatic N) is 1. The Hall–Kier alpha value is -1.29. The Labute approximate surface area is 103 Å². The number of carbonyl (C=O) groups excluding carboxylic acids is 1. The third kappa shape index (κ3) is 3.60. The molecule has 1 aromatic heterocycles. The van der Waals surface area contributed by atoms with Crippen molar-refractivity contribution < 1.29 is 9.21 Å². The predicted octanol–water partition coefficient (Wildman–Crippen LogP) is 2.04.